The second-order valence-electron chi connectivity index (χ2n) is 4.18. The van der Waals surface area contributed by atoms with Gasteiger partial charge >= 0.3 is 0 Å². The summed E-state index contributed by atoms with van der Waals surface area (Å²) < 4.78 is 5.43. The number of halogens is 1. The third kappa shape index (κ3) is 2.74. The Balaban J connectivity index is 0.00000120. The minimum absolute atomic E-state index is 0. The largest absolute Gasteiger partial charge is 0.493 e. The number of carbonyl (C=O) groups is 1. The van der Waals surface area contributed by atoms with Gasteiger partial charge in [-0.25, -0.2) is 0 Å². The molecule has 18 heavy (non-hydrogen) atoms. The van der Waals surface area contributed by atoms with E-state index in [9.17, 15) is 4.79 Å². The number of thioether (sulfide) groups is 1. The van der Waals surface area contributed by atoms with Crippen LogP contribution in [0.3, 0.4) is 0 Å². The number of anilines is 1. The van der Waals surface area contributed by atoms with Gasteiger partial charge in [0.2, 0.25) is 5.91 Å². The molecule has 4 nitrogen and oxygen atoms in total. The SMILES string of the molecule is Cl.O=C(Nc1ccc2c(c1)CCO2)C1CSCN1. The molecule has 2 aliphatic heterocycles. The van der Waals surface area contributed by atoms with E-state index >= 15 is 0 Å². The Morgan fingerprint density at radius 2 is 2.39 bits per heavy atom. The minimum atomic E-state index is -0.0653. The average molecular weight is 287 g/mol. The summed E-state index contributed by atoms with van der Waals surface area (Å²) in [5.41, 5.74) is 2.04. The fraction of sp³-hybridized carbons (Fsp3) is 0.417. The lowest BCUT2D eigenvalue weighted by Gasteiger charge is -2.11. The molecule has 2 aliphatic rings. The maximum Gasteiger partial charge on any atom is 0.242 e. The molecule has 2 N–H and O–H groups in total. The second-order valence-corrected chi connectivity index (χ2v) is 5.21. The summed E-state index contributed by atoms with van der Waals surface area (Å²) in [6.07, 6.45) is 0.927. The Morgan fingerprint density at radius 1 is 1.50 bits per heavy atom. The van der Waals surface area contributed by atoms with E-state index in [1.807, 2.05) is 18.2 Å². The first-order valence-corrected chi connectivity index (χ1v) is 6.86. The van der Waals surface area contributed by atoms with Gasteiger partial charge in [-0.2, -0.15) is 0 Å². The maximum absolute atomic E-state index is 11.9. The van der Waals surface area contributed by atoms with Crippen LogP contribution in [0.4, 0.5) is 5.69 Å². The summed E-state index contributed by atoms with van der Waals surface area (Å²) in [5, 5.41) is 6.10. The van der Waals surface area contributed by atoms with Gasteiger partial charge in [-0.1, -0.05) is 0 Å². The van der Waals surface area contributed by atoms with Crippen LogP contribution in [0.15, 0.2) is 18.2 Å². The smallest absolute Gasteiger partial charge is 0.242 e. The monoisotopic (exact) mass is 286 g/mol. The quantitative estimate of drug-likeness (QED) is 0.868. The Labute approximate surface area is 116 Å². The van der Waals surface area contributed by atoms with Crippen LogP contribution in [0, 0.1) is 0 Å². The first-order chi connectivity index (χ1) is 8.33. The van der Waals surface area contributed by atoms with E-state index in [0.29, 0.717) is 0 Å². The van der Waals surface area contributed by atoms with Gasteiger partial charge in [0.25, 0.3) is 0 Å². The van der Waals surface area contributed by atoms with E-state index in [1.165, 1.54) is 5.56 Å². The van der Waals surface area contributed by atoms with Crippen LogP contribution in [0.25, 0.3) is 0 Å². The van der Waals surface area contributed by atoms with Crippen LogP contribution in [0.2, 0.25) is 0 Å². The van der Waals surface area contributed by atoms with E-state index < -0.39 is 0 Å². The number of benzene rings is 1. The Hall–Kier alpha value is -0.910. The van der Waals surface area contributed by atoms with Gasteiger partial charge in [-0.15, -0.1) is 24.2 Å². The molecule has 1 unspecified atom stereocenters. The number of amides is 1. The number of carbonyl (C=O) groups excluding carboxylic acids is 1. The summed E-state index contributed by atoms with van der Waals surface area (Å²) in [5.74, 6) is 2.70. The average Bonchev–Trinajstić information content (AvgIpc) is 2.99. The van der Waals surface area contributed by atoms with E-state index in [4.69, 9.17) is 4.74 Å². The summed E-state index contributed by atoms with van der Waals surface area (Å²) in [7, 11) is 0. The molecule has 0 spiro atoms. The van der Waals surface area contributed by atoms with Crippen molar-refractivity contribution in [2.24, 2.45) is 0 Å². The summed E-state index contributed by atoms with van der Waals surface area (Å²) in [6.45, 7) is 0.744. The molecule has 1 atom stereocenters. The molecule has 1 aromatic rings. The molecule has 3 rings (SSSR count). The van der Waals surface area contributed by atoms with Crippen molar-refractivity contribution < 1.29 is 9.53 Å². The number of rotatable bonds is 2. The normalized spacial score (nSPS) is 20.8. The molecule has 1 saturated heterocycles. The highest BCUT2D eigenvalue weighted by Crippen LogP contribution is 2.28. The van der Waals surface area contributed by atoms with Crippen molar-refractivity contribution in [2.75, 3.05) is 23.6 Å². The predicted octanol–water partition coefficient (Wildman–Crippen LogP) is 1.64. The molecule has 98 valence electrons. The van der Waals surface area contributed by atoms with Gasteiger partial charge in [0, 0.05) is 23.7 Å². The Kier molecular flexibility index (Phi) is 4.37. The highest BCUT2D eigenvalue weighted by molar-refractivity contribution is 7.99. The topological polar surface area (TPSA) is 50.4 Å². The molecule has 1 amide bonds. The molecular weight excluding hydrogens is 272 g/mol. The van der Waals surface area contributed by atoms with Gasteiger partial charge in [0.15, 0.2) is 0 Å². The summed E-state index contributed by atoms with van der Waals surface area (Å²) >= 11 is 1.75. The van der Waals surface area contributed by atoms with Crippen molar-refractivity contribution >= 4 is 35.8 Å². The fourth-order valence-electron chi connectivity index (χ4n) is 2.06. The zero-order valence-electron chi connectivity index (χ0n) is 9.77. The van der Waals surface area contributed by atoms with E-state index in [2.05, 4.69) is 10.6 Å². The van der Waals surface area contributed by atoms with E-state index in [0.717, 1.165) is 36.1 Å². The molecular formula is C12H15ClN2O2S. The lowest BCUT2D eigenvalue weighted by Crippen LogP contribution is -2.37. The first-order valence-electron chi connectivity index (χ1n) is 5.71. The van der Waals surface area contributed by atoms with Gasteiger partial charge in [0.1, 0.15) is 5.75 Å². The number of ether oxygens (including phenoxy) is 1. The number of hydrogen-bond acceptors (Lipinski definition) is 4. The van der Waals surface area contributed by atoms with Crippen LogP contribution in [0.1, 0.15) is 5.56 Å². The van der Waals surface area contributed by atoms with Crippen molar-refractivity contribution in [1.82, 2.24) is 5.32 Å². The number of hydrogen-bond donors (Lipinski definition) is 2. The summed E-state index contributed by atoms with van der Waals surface area (Å²) in [4.78, 5) is 11.9. The standard InChI is InChI=1S/C12H14N2O2S.ClH/c15-12(10-6-17-7-13-10)14-9-1-2-11-8(5-9)3-4-16-11;/h1-2,5,10,13H,3-4,6-7H2,(H,14,15);1H. The minimum Gasteiger partial charge on any atom is -0.493 e. The van der Waals surface area contributed by atoms with Gasteiger partial charge < -0.3 is 10.1 Å². The van der Waals surface area contributed by atoms with E-state index in [-0.39, 0.29) is 24.4 Å². The molecule has 0 radical (unpaired) electrons. The molecule has 6 heteroatoms. The van der Waals surface area contributed by atoms with Crippen LogP contribution < -0.4 is 15.4 Å². The molecule has 0 aliphatic carbocycles. The first kappa shape index (κ1) is 13.5. The zero-order chi connectivity index (χ0) is 11.7. The second kappa shape index (κ2) is 5.82. The maximum atomic E-state index is 11.9. The molecule has 2 heterocycles. The van der Waals surface area contributed by atoms with Crippen molar-refractivity contribution in [3.8, 4) is 5.75 Å². The lowest BCUT2D eigenvalue weighted by molar-refractivity contribution is -0.117. The van der Waals surface area contributed by atoms with Crippen LogP contribution >= 0.6 is 24.2 Å². The van der Waals surface area contributed by atoms with Crippen LogP contribution in [0.5, 0.6) is 5.75 Å². The lowest BCUT2D eigenvalue weighted by atomic mass is 10.1. The molecule has 1 fully saturated rings. The van der Waals surface area contributed by atoms with Gasteiger partial charge in [-0.3, -0.25) is 10.1 Å². The van der Waals surface area contributed by atoms with Gasteiger partial charge in [-0.05, 0) is 23.8 Å². The van der Waals surface area contributed by atoms with Crippen molar-refractivity contribution in [2.45, 2.75) is 12.5 Å². The van der Waals surface area contributed by atoms with Crippen molar-refractivity contribution in [3.05, 3.63) is 23.8 Å². The zero-order valence-corrected chi connectivity index (χ0v) is 11.4. The van der Waals surface area contributed by atoms with Crippen LogP contribution in [-0.4, -0.2) is 30.2 Å². The van der Waals surface area contributed by atoms with Gasteiger partial charge in [0.05, 0.1) is 12.6 Å². The molecule has 0 saturated carbocycles. The third-order valence-corrected chi connectivity index (χ3v) is 3.93. The predicted molar refractivity (Wildman–Crippen MR) is 75.8 cm³/mol. The van der Waals surface area contributed by atoms with Crippen molar-refractivity contribution in [3.63, 3.8) is 0 Å². The molecule has 1 aromatic carbocycles. The molecule has 0 aromatic heterocycles. The fourth-order valence-corrected chi connectivity index (χ4v) is 3.00. The van der Waals surface area contributed by atoms with Crippen LogP contribution in [-0.2, 0) is 11.2 Å². The number of nitrogens with one attached hydrogen (secondary N) is 2. The molecule has 0 bridgehead atoms. The third-order valence-electron chi connectivity index (χ3n) is 2.99. The van der Waals surface area contributed by atoms with E-state index in [1.54, 1.807) is 11.8 Å². The Bertz CT molecular complexity index is 450. The Morgan fingerprint density at radius 3 is 3.17 bits per heavy atom. The number of fused-ring (bicyclic) bond motifs is 1. The highest BCUT2D eigenvalue weighted by Gasteiger charge is 2.22. The van der Waals surface area contributed by atoms with Crippen molar-refractivity contribution in [1.29, 1.82) is 0 Å². The highest BCUT2D eigenvalue weighted by atomic mass is 35.5. The summed E-state index contributed by atoms with van der Waals surface area (Å²) in [6, 6.07) is 5.76.